The Morgan fingerprint density at radius 3 is 2.53 bits per heavy atom. The van der Waals surface area contributed by atoms with Crippen LogP contribution in [0.3, 0.4) is 0 Å². The second kappa shape index (κ2) is 8.88. The third kappa shape index (κ3) is 4.47. The summed E-state index contributed by atoms with van der Waals surface area (Å²) in [6.07, 6.45) is 2.58. The van der Waals surface area contributed by atoms with E-state index in [1.807, 2.05) is 38.1 Å². The van der Waals surface area contributed by atoms with Crippen molar-refractivity contribution < 1.29 is 22.7 Å². The van der Waals surface area contributed by atoms with E-state index in [-0.39, 0.29) is 28.1 Å². The number of fused-ring (bicyclic) bond motifs is 1. The third-order valence-corrected chi connectivity index (χ3v) is 7.59. The summed E-state index contributed by atoms with van der Waals surface area (Å²) >= 11 is 0. The van der Waals surface area contributed by atoms with Crippen LogP contribution in [0.5, 0.6) is 0 Å². The van der Waals surface area contributed by atoms with E-state index < -0.39 is 22.6 Å². The highest BCUT2D eigenvalue weighted by atomic mass is 32.2. The summed E-state index contributed by atoms with van der Waals surface area (Å²) in [5.41, 5.74) is 1.36. The van der Waals surface area contributed by atoms with Crippen molar-refractivity contribution in [1.29, 1.82) is 0 Å². The molecule has 0 bridgehead atoms. The average molecular weight is 455 g/mol. The first-order chi connectivity index (χ1) is 15.3. The molecule has 8 heteroatoms. The van der Waals surface area contributed by atoms with Gasteiger partial charge in [-0.1, -0.05) is 38.1 Å². The van der Waals surface area contributed by atoms with Gasteiger partial charge in [-0.2, -0.15) is 4.31 Å². The van der Waals surface area contributed by atoms with Crippen LogP contribution >= 0.6 is 0 Å². The van der Waals surface area contributed by atoms with Gasteiger partial charge in [0.25, 0.3) is 0 Å². The number of H-pyrrole nitrogens is 1. The Morgan fingerprint density at radius 1 is 1.06 bits per heavy atom. The number of ether oxygens (including phenoxy) is 1. The summed E-state index contributed by atoms with van der Waals surface area (Å²) < 4.78 is 32.9. The van der Waals surface area contributed by atoms with Crippen molar-refractivity contribution >= 4 is 32.7 Å². The molecule has 0 radical (unpaired) electrons. The molecular formula is C24H26N2O5S. The van der Waals surface area contributed by atoms with Gasteiger partial charge in [-0.15, -0.1) is 0 Å². The molecule has 0 aliphatic carbocycles. The van der Waals surface area contributed by atoms with Crippen molar-refractivity contribution in [3.63, 3.8) is 0 Å². The largest absolute Gasteiger partial charge is 0.454 e. The highest BCUT2D eigenvalue weighted by Crippen LogP contribution is 2.27. The van der Waals surface area contributed by atoms with Gasteiger partial charge in [-0.3, -0.25) is 4.79 Å². The van der Waals surface area contributed by atoms with Crippen LogP contribution in [0, 0.1) is 11.8 Å². The van der Waals surface area contributed by atoms with Crippen LogP contribution in [-0.2, 0) is 14.8 Å². The molecule has 0 amide bonds. The van der Waals surface area contributed by atoms with Crippen molar-refractivity contribution in [2.24, 2.45) is 11.8 Å². The minimum atomic E-state index is -3.72. The van der Waals surface area contributed by atoms with Gasteiger partial charge in [0, 0.05) is 35.8 Å². The molecule has 1 aromatic heterocycles. The number of rotatable bonds is 6. The zero-order valence-electron chi connectivity index (χ0n) is 18.1. The van der Waals surface area contributed by atoms with Crippen LogP contribution in [0.15, 0.2) is 59.6 Å². The molecule has 1 fully saturated rings. The minimum absolute atomic E-state index is 0.0520. The van der Waals surface area contributed by atoms with Crippen LogP contribution < -0.4 is 0 Å². The molecule has 0 spiro atoms. The lowest BCUT2D eigenvalue weighted by molar-refractivity contribution is 0.0475. The van der Waals surface area contributed by atoms with E-state index in [9.17, 15) is 18.0 Å². The first kappa shape index (κ1) is 22.2. The highest BCUT2D eigenvalue weighted by molar-refractivity contribution is 7.89. The molecule has 1 saturated heterocycles. The Bertz CT molecular complexity index is 1250. The first-order valence-corrected chi connectivity index (χ1v) is 12.1. The summed E-state index contributed by atoms with van der Waals surface area (Å²) in [7, 11) is -3.72. The number of aromatic nitrogens is 1. The number of Topliss-reactive ketones (excluding diaryl/α,β-unsaturated/α-hetero) is 1. The molecule has 32 heavy (non-hydrogen) atoms. The van der Waals surface area contributed by atoms with Gasteiger partial charge in [0.15, 0.2) is 6.61 Å². The topological polar surface area (TPSA) is 96.5 Å². The molecular weight excluding hydrogens is 428 g/mol. The normalized spacial score (nSPS) is 19.7. The van der Waals surface area contributed by atoms with E-state index in [1.54, 1.807) is 6.20 Å². The quantitative estimate of drug-likeness (QED) is 0.450. The van der Waals surface area contributed by atoms with Crippen LogP contribution in [0.4, 0.5) is 0 Å². The van der Waals surface area contributed by atoms with Crippen LogP contribution in [-0.4, -0.2) is 49.2 Å². The van der Waals surface area contributed by atoms with Gasteiger partial charge in [-0.25, -0.2) is 13.2 Å². The summed E-state index contributed by atoms with van der Waals surface area (Å²) in [6.45, 7) is 4.56. The lowest BCUT2D eigenvalue weighted by atomic mass is 9.94. The van der Waals surface area contributed by atoms with Gasteiger partial charge in [-0.05, 0) is 42.5 Å². The number of piperidine rings is 1. The van der Waals surface area contributed by atoms with Gasteiger partial charge >= 0.3 is 5.97 Å². The Balaban J connectivity index is 1.47. The van der Waals surface area contributed by atoms with Crippen LogP contribution in [0.25, 0.3) is 10.9 Å². The Kier molecular flexibility index (Phi) is 6.17. The number of hydrogen-bond donors (Lipinski definition) is 1. The third-order valence-electron chi connectivity index (χ3n) is 5.77. The molecule has 2 atom stereocenters. The van der Waals surface area contributed by atoms with E-state index >= 15 is 0 Å². The number of para-hydroxylation sites is 1. The molecule has 1 aliphatic rings. The van der Waals surface area contributed by atoms with Gasteiger partial charge < -0.3 is 9.72 Å². The van der Waals surface area contributed by atoms with Gasteiger partial charge in [0.05, 0.1) is 10.5 Å². The summed E-state index contributed by atoms with van der Waals surface area (Å²) in [6, 6.07) is 13.2. The van der Waals surface area contributed by atoms with Crippen molar-refractivity contribution in [2.75, 3.05) is 19.7 Å². The van der Waals surface area contributed by atoms with E-state index in [2.05, 4.69) is 4.98 Å². The SMILES string of the molecule is CC1CC(C)CN(S(=O)(=O)c2cccc(C(=O)OCC(=O)c3c[nH]c4ccccc34)c2)C1. The van der Waals surface area contributed by atoms with E-state index in [0.29, 0.717) is 18.7 Å². The van der Waals surface area contributed by atoms with Crippen molar-refractivity contribution in [3.05, 3.63) is 65.9 Å². The van der Waals surface area contributed by atoms with Gasteiger partial charge in [0.2, 0.25) is 15.8 Å². The Labute approximate surface area is 187 Å². The number of aromatic amines is 1. The highest BCUT2D eigenvalue weighted by Gasteiger charge is 2.32. The number of sulfonamides is 1. The summed E-state index contributed by atoms with van der Waals surface area (Å²) in [5, 5.41) is 0.756. The fraction of sp³-hybridized carbons (Fsp3) is 0.333. The maximum atomic E-state index is 13.1. The molecule has 1 aliphatic heterocycles. The first-order valence-electron chi connectivity index (χ1n) is 10.6. The molecule has 168 valence electrons. The molecule has 1 N–H and O–H groups in total. The number of carbonyl (C=O) groups is 2. The number of nitrogens with zero attached hydrogens (tertiary/aromatic N) is 1. The van der Waals surface area contributed by atoms with Crippen molar-refractivity contribution in [1.82, 2.24) is 9.29 Å². The predicted octanol–water partition coefficient (Wildman–Crippen LogP) is 3.87. The molecule has 2 unspecified atom stereocenters. The molecule has 2 heterocycles. The standard InChI is InChI=1S/C24H26N2O5S/c1-16-10-17(2)14-26(13-16)32(29,30)19-7-5-6-18(11-19)24(28)31-15-23(27)21-12-25-22-9-4-3-8-20(21)22/h3-9,11-12,16-17,25H,10,13-15H2,1-2H3. The van der Waals surface area contributed by atoms with Crippen molar-refractivity contribution in [2.45, 2.75) is 25.2 Å². The zero-order valence-corrected chi connectivity index (χ0v) is 18.9. The minimum Gasteiger partial charge on any atom is -0.454 e. The number of hydrogen-bond acceptors (Lipinski definition) is 5. The molecule has 0 saturated carbocycles. The average Bonchev–Trinajstić information content (AvgIpc) is 3.21. The maximum absolute atomic E-state index is 13.1. The number of ketones is 1. The lowest BCUT2D eigenvalue weighted by Gasteiger charge is -2.34. The predicted molar refractivity (Wildman–Crippen MR) is 121 cm³/mol. The number of benzene rings is 2. The van der Waals surface area contributed by atoms with Crippen LogP contribution in [0.2, 0.25) is 0 Å². The second-order valence-electron chi connectivity index (χ2n) is 8.54. The van der Waals surface area contributed by atoms with Gasteiger partial charge in [0.1, 0.15) is 0 Å². The van der Waals surface area contributed by atoms with E-state index in [4.69, 9.17) is 4.74 Å². The maximum Gasteiger partial charge on any atom is 0.338 e. The molecule has 3 aromatic rings. The fourth-order valence-electron chi connectivity index (χ4n) is 4.33. The van der Waals surface area contributed by atoms with Crippen molar-refractivity contribution in [3.8, 4) is 0 Å². The number of nitrogens with one attached hydrogen (secondary N) is 1. The molecule has 7 nitrogen and oxygen atoms in total. The smallest absolute Gasteiger partial charge is 0.338 e. The number of esters is 1. The Hall–Kier alpha value is -2.97. The summed E-state index contributed by atoms with van der Waals surface area (Å²) in [4.78, 5) is 28.2. The zero-order chi connectivity index (χ0) is 22.9. The summed E-state index contributed by atoms with van der Waals surface area (Å²) in [5.74, 6) is -0.527. The second-order valence-corrected chi connectivity index (χ2v) is 10.5. The lowest BCUT2D eigenvalue weighted by Crippen LogP contribution is -2.42. The van der Waals surface area contributed by atoms with E-state index in [0.717, 1.165) is 17.3 Å². The number of carbonyl (C=O) groups excluding carboxylic acids is 2. The van der Waals surface area contributed by atoms with E-state index in [1.165, 1.54) is 28.6 Å². The molecule has 2 aromatic carbocycles. The fourth-order valence-corrected chi connectivity index (χ4v) is 6.06. The van der Waals surface area contributed by atoms with Crippen LogP contribution in [0.1, 0.15) is 41.0 Å². The monoisotopic (exact) mass is 454 g/mol. The molecule has 4 rings (SSSR count). The Morgan fingerprint density at radius 2 is 1.78 bits per heavy atom.